The van der Waals surface area contributed by atoms with E-state index in [9.17, 15) is 4.79 Å². The number of esters is 1. The molecule has 1 aliphatic rings. The largest absolute Gasteiger partial charge is 0.468 e. The number of hydrogen-bond acceptors (Lipinski definition) is 4. The number of fused-ring (bicyclic) bond motifs is 1. The van der Waals surface area contributed by atoms with E-state index in [0.29, 0.717) is 0 Å². The van der Waals surface area contributed by atoms with E-state index >= 15 is 0 Å². The molecule has 0 spiro atoms. The lowest BCUT2D eigenvalue weighted by Crippen LogP contribution is -2.35. The van der Waals surface area contributed by atoms with Crippen LogP contribution >= 0.6 is 11.9 Å². The van der Waals surface area contributed by atoms with Crippen molar-refractivity contribution in [1.29, 1.82) is 0 Å². The highest BCUT2D eigenvalue weighted by Crippen LogP contribution is 2.47. The van der Waals surface area contributed by atoms with Gasteiger partial charge in [0.15, 0.2) is 0 Å². The van der Waals surface area contributed by atoms with E-state index < -0.39 is 5.41 Å². The molecule has 3 nitrogen and oxygen atoms in total. The van der Waals surface area contributed by atoms with Crippen LogP contribution in [0.15, 0.2) is 41.3 Å². The topological polar surface area (TPSA) is 38.3 Å². The molecular weight excluding hydrogens is 414 g/mol. The predicted octanol–water partition coefficient (Wildman–Crippen LogP) is 7.69. The molecule has 3 rings (SSSR count). The number of hydrogen-bond donors (Lipinski definition) is 1. The van der Waals surface area contributed by atoms with E-state index in [-0.39, 0.29) is 16.8 Å². The Morgan fingerprint density at radius 2 is 1.53 bits per heavy atom. The maximum Gasteiger partial charge on any atom is 0.316 e. The van der Waals surface area contributed by atoms with Crippen LogP contribution in [0.3, 0.4) is 0 Å². The van der Waals surface area contributed by atoms with E-state index in [4.69, 9.17) is 4.74 Å². The summed E-state index contributed by atoms with van der Waals surface area (Å²) in [4.78, 5) is 13.8. The van der Waals surface area contributed by atoms with Crippen LogP contribution in [-0.2, 0) is 25.8 Å². The van der Waals surface area contributed by atoms with Crippen molar-refractivity contribution in [2.45, 2.75) is 95.3 Å². The lowest BCUT2D eigenvalue weighted by Gasteiger charge is -2.42. The number of aryl methyl sites for hydroxylation is 1. The third-order valence-corrected chi connectivity index (χ3v) is 8.65. The average Bonchev–Trinajstić information content (AvgIpc) is 2.77. The molecule has 0 aromatic heterocycles. The summed E-state index contributed by atoms with van der Waals surface area (Å²) < 4.78 is 8.63. The highest BCUT2D eigenvalue weighted by atomic mass is 32.2. The summed E-state index contributed by atoms with van der Waals surface area (Å²) >= 11 is 1.67. The second-order valence-corrected chi connectivity index (χ2v) is 11.3. The van der Waals surface area contributed by atoms with Gasteiger partial charge >= 0.3 is 5.97 Å². The van der Waals surface area contributed by atoms with Gasteiger partial charge in [0, 0.05) is 10.6 Å². The van der Waals surface area contributed by atoms with Gasteiger partial charge in [0.05, 0.1) is 12.5 Å². The van der Waals surface area contributed by atoms with Gasteiger partial charge in [-0.2, -0.15) is 0 Å². The van der Waals surface area contributed by atoms with Gasteiger partial charge in [-0.25, -0.2) is 0 Å². The van der Waals surface area contributed by atoms with E-state index in [0.717, 1.165) is 24.1 Å². The molecule has 0 atom stereocenters. The van der Waals surface area contributed by atoms with Crippen LogP contribution in [-0.4, -0.2) is 13.1 Å². The molecule has 2 aromatic rings. The molecular formula is C28H39NO2S. The van der Waals surface area contributed by atoms with Crippen molar-refractivity contribution in [2.24, 2.45) is 0 Å². The van der Waals surface area contributed by atoms with Crippen LogP contribution in [0.5, 0.6) is 0 Å². The van der Waals surface area contributed by atoms with Crippen molar-refractivity contribution >= 4 is 23.6 Å². The Kier molecular flexibility index (Phi) is 7.05. The van der Waals surface area contributed by atoms with Gasteiger partial charge in [0.2, 0.25) is 0 Å². The summed E-state index contributed by atoms with van der Waals surface area (Å²) in [6.45, 7) is 15.8. The van der Waals surface area contributed by atoms with Crippen molar-refractivity contribution < 1.29 is 9.53 Å². The predicted molar refractivity (Wildman–Crippen MR) is 137 cm³/mol. The van der Waals surface area contributed by atoms with E-state index in [1.165, 1.54) is 41.5 Å². The fourth-order valence-electron chi connectivity index (χ4n) is 5.04. The molecule has 4 heteroatoms. The molecule has 0 bridgehead atoms. The molecule has 1 aliphatic carbocycles. The zero-order chi connectivity index (χ0) is 23.7. The number of rotatable bonds is 7. The minimum absolute atomic E-state index is 0.159. The Balaban J connectivity index is 1.83. The first-order chi connectivity index (χ1) is 15.0. The maximum absolute atomic E-state index is 12.5. The quantitative estimate of drug-likeness (QED) is 0.344. The Morgan fingerprint density at radius 3 is 2.03 bits per heavy atom. The first-order valence-corrected chi connectivity index (χ1v) is 12.6. The Bertz CT molecular complexity index is 972. The summed E-state index contributed by atoms with van der Waals surface area (Å²) in [5, 5.41) is 0. The standard InChI is InChI=1S/C28H39NO2S/c1-9-28(10-2,25(30)31-8)20-11-13-21(14-12-20)29-32-24-18-23-22(17-19(24)3)26(4,5)15-16-27(23,6)7/h11-14,17-18,29H,9-10,15-16H2,1-8H3. The van der Waals surface area contributed by atoms with Crippen LogP contribution in [0, 0.1) is 6.92 Å². The van der Waals surface area contributed by atoms with Crippen LogP contribution in [0.1, 0.15) is 89.5 Å². The van der Waals surface area contributed by atoms with E-state index in [1.54, 1.807) is 11.9 Å². The van der Waals surface area contributed by atoms with Crippen molar-refractivity contribution in [3.63, 3.8) is 0 Å². The molecule has 0 amide bonds. The van der Waals surface area contributed by atoms with Gasteiger partial charge in [0.1, 0.15) is 0 Å². The van der Waals surface area contributed by atoms with Crippen molar-refractivity contribution in [2.75, 3.05) is 11.8 Å². The first-order valence-electron chi connectivity index (χ1n) is 11.8. The van der Waals surface area contributed by atoms with Crippen molar-refractivity contribution in [3.05, 3.63) is 58.7 Å². The van der Waals surface area contributed by atoms with E-state index in [2.05, 4.69) is 75.7 Å². The number of carbonyl (C=O) groups is 1. The number of methoxy groups -OCH3 is 1. The molecule has 0 unspecified atom stereocenters. The van der Waals surface area contributed by atoms with Gasteiger partial charge in [0.25, 0.3) is 0 Å². The number of carbonyl (C=O) groups excluding carboxylic acids is 1. The van der Waals surface area contributed by atoms with Crippen LogP contribution < -0.4 is 4.72 Å². The maximum atomic E-state index is 12.5. The smallest absolute Gasteiger partial charge is 0.316 e. The van der Waals surface area contributed by atoms with Gasteiger partial charge < -0.3 is 9.46 Å². The number of nitrogens with one attached hydrogen (secondary N) is 1. The molecule has 0 fully saturated rings. The lowest BCUT2D eigenvalue weighted by atomic mass is 9.63. The highest BCUT2D eigenvalue weighted by molar-refractivity contribution is 8.00. The van der Waals surface area contributed by atoms with Gasteiger partial charge in [-0.15, -0.1) is 0 Å². The summed E-state index contributed by atoms with van der Waals surface area (Å²) in [6, 6.07) is 13.0. The molecule has 1 N–H and O–H groups in total. The van der Waals surface area contributed by atoms with Gasteiger partial charge in [-0.1, -0.05) is 59.7 Å². The summed E-state index contributed by atoms with van der Waals surface area (Å²) in [5.41, 5.74) is 6.19. The molecule has 0 aliphatic heterocycles. The average molecular weight is 454 g/mol. The van der Waals surface area contributed by atoms with Gasteiger partial charge in [-0.3, -0.25) is 4.79 Å². The van der Waals surface area contributed by atoms with Crippen LogP contribution in [0.25, 0.3) is 0 Å². The monoisotopic (exact) mass is 453 g/mol. The Morgan fingerprint density at radius 1 is 1.00 bits per heavy atom. The third kappa shape index (κ3) is 4.44. The number of benzene rings is 2. The van der Waals surface area contributed by atoms with Crippen molar-refractivity contribution in [3.8, 4) is 0 Å². The van der Waals surface area contributed by atoms with Crippen LogP contribution in [0.4, 0.5) is 5.69 Å². The van der Waals surface area contributed by atoms with E-state index in [1.807, 2.05) is 13.8 Å². The van der Waals surface area contributed by atoms with Crippen LogP contribution in [0.2, 0.25) is 0 Å². The molecule has 32 heavy (non-hydrogen) atoms. The second kappa shape index (κ2) is 9.13. The first kappa shape index (κ1) is 24.7. The Labute approximate surface area is 198 Å². The third-order valence-electron chi connectivity index (χ3n) is 7.65. The lowest BCUT2D eigenvalue weighted by molar-refractivity contribution is -0.148. The summed E-state index contributed by atoms with van der Waals surface area (Å²) in [5.74, 6) is -0.159. The number of ether oxygens (including phenoxy) is 1. The number of anilines is 1. The molecule has 0 saturated heterocycles. The van der Waals surface area contributed by atoms with Crippen molar-refractivity contribution in [1.82, 2.24) is 0 Å². The fourth-order valence-corrected chi connectivity index (χ4v) is 5.80. The fraction of sp³-hybridized carbons (Fsp3) is 0.536. The SMILES string of the molecule is CCC(CC)(C(=O)OC)c1ccc(NSc2cc3c(cc2C)C(C)(C)CCC3(C)C)cc1. The molecule has 0 saturated carbocycles. The summed E-state index contributed by atoms with van der Waals surface area (Å²) in [6.07, 6.45) is 3.88. The Hall–Kier alpha value is -1.94. The zero-order valence-corrected chi connectivity index (χ0v) is 21.8. The van der Waals surface area contributed by atoms with Gasteiger partial charge in [-0.05, 0) is 95.8 Å². The molecule has 0 heterocycles. The normalized spacial score (nSPS) is 16.9. The molecule has 0 radical (unpaired) electrons. The molecule has 2 aromatic carbocycles. The summed E-state index contributed by atoms with van der Waals surface area (Å²) in [7, 11) is 1.47. The highest BCUT2D eigenvalue weighted by Gasteiger charge is 2.38. The zero-order valence-electron chi connectivity index (χ0n) is 21.0. The molecule has 174 valence electrons. The minimum atomic E-state index is -0.576. The minimum Gasteiger partial charge on any atom is -0.468 e. The second-order valence-electron chi connectivity index (χ2n) is 10.5.